The summed E-state index contributed by atoms with van der Waals surface area (Å²) in [6, 6.07) is -0.940. The fraction of sp³-hybridized carbons (Fsp3) is 0.833. The number of carboxylic acid groups (broad SMARTS) is 1. The monoisotopic (exact) mass is 132 g/mol. The highest BCUT2D eigenvalue weighted by Crippen LogP contribution is 2.16. The molecule has 54 valence electrons. The fourth-order valence-electron chi connectivity index (χ4n) is 0.334. The lowest BCUT2D eigenvalue weighted by atomic mass is 9.88. The van der Waals surface area contributed by atoms with Gasteiger partial charge < -0.3 is 10.8 Å². The van der Waals surface area contributed by atoms with Gasteiger partial charge in [-0.3, -0.25) is 4.79 Å². The van der Waals surface area contributed by atoms with E-state index in [2.05, 4.69) is 0 Å². The first kappa shape index (κ1) is 6.55. The van der Waals surface area contributed by atoms with E-state index in [1.54, 1.807) is 13.8 Å². The van der Waals surface area contributed by atoms with Gasteiger partial charge in [-0.25, -0.2) is 0 Å². The minimum absolute atomic E-state index is 0.0282. The second-order valence-corrected chi connectivity index (χ2v) is 2.80. The molecule has 0 rings (SSSR count). The van der Waals surface area contributed by atoms with E-state index < -0.39 is 17.4 Å². The van der Waals surface area contributed by atoms with Gasteiger partial charge in [0, 0.05) is 1.37 Å². The van der Waals surface area contributed by atoms with Crippen molar-refractivity contribution in [1.82, 2.24) is 0 Å². The van der Waals surface area contributed by atoms with Gasteiger partial charge in [-0.2, -0.15) is 0 Å². The summed E-state index contributed by atoms with van der Waals surface area (Å²) in [4.78, 5) is 10.3. The Morgan fingerprint density at radius 1 is 1.89 bits per heavy atom. The van der Waals surface area contributed by atoms with Crippen molar-refractivity contribution in [2.45, 2.75) is 26.8 Å². The molecular weight excluding hydrogens is 118 g/mol. The maximum atomic E-state index is 10.3. The molecule has 0 aliphatic carbocycles. The molecule has 3 nitrogen and oxygen atoms in total. The van der Waals surface area contributed by atoms with Gasteiger partial charge >= 0.3 is 5.97 Å². The summed E-state index contributed by atoms with van der Waals surface area (Å²) < 4.78 is 6.99. The highest BCUT2D eigenvalue weighted by Gasteiger charge is 2.26. The van der Waals surface area contributed by atoms with Gasteiger partial charge in [-0.05, 0) is 5.41 Å². The highest BCUT2D eigenvalue weighted by atomic mass is 16.4. The van der Waals surface area contributed by atoms with Gasteiger partial charge in [-0.1, -0.05) is 20.7 Å². The molecule has 0 radical (unpaired) electrons. The summed E-state index contributed by atoms with van der Waals surface area (Å²) in [6.07, 6.45) is 0. The highest BCUT2D eigenvalue weighted by molar-refractivity contribution is 5.74. The van der Waals surface area contributed by atoms with Crippen LogP contribution in [0.1, 0.15) is 22.1 Å². The first-order chi connectivity index (χ1) is 4.41. The molecule has 0 saturated heterocycles. The van der Waals surface area contributed by atoms with Gasteiger partial charge in [-0.15, -0.1) is 0 Å². The minimum atomic E-state index is -1.04. The van der Waals surface area contributed by atoms with Crippen LogP contribution in [0.25, 0.3) is 0 Å². The Hall–Kier alpha value is -0.570. The summed E-state index contributed by atoms with van der Waals surface area (Å²) >= 11 is 0. The number of carbonyl (C=O) groups is 1. The summed E-state index contributed by atoms with van der Waals surface area (Å²) in [5, 5.41) is 8.44. The number of aliphatic carboxylic acids is 1. The van der Waals surface area contributed by atoms with E-state index in [0.717, 1.165) is 0 Å². The molecule has 0 saturated carbocycles. The van der Waals surface area contributed by atoms with E-state index in [1.165, 1.54) is 0 Å². The molecule has 0 heterocycles. The molecule has 9 heavy (non-hydrogen) atoms. The number of hydrogen-bond acceptors (Lipinski definition) is 2. The molecule has 0 aliphatic heterocycles. The van der Waals surface area contributed by atoms with Crippen LogP contribution in [0.2, 0.25) is 0 Å². The van der Waals surface area contributed by atoms with E-state index in [-0.39, 0.29) is 6.90 Å². The summed E-state index contributed by atoms with van der Waals surface area (Å²) in [5.74, 6) is -1.04. The van der Waals surface area contributed by atoms with Crippen molar-refractivity contribution >= 4 is 5.97 Å². The summed E-state index contributed by atoms with van der Waals surface area (Å²) in [6.45, 7) is 3.36. The van der Waals surface area contributed by atoms with E-state index in [9.17, 15) is 4.79 Å². The van der Waals surface area contributed by atoms with Crippen LogP contribution in [0, 0.1) is 5.41 Å². The van der Waals surface area contributed by atoms with Gasteiger partial charge in [0.05, 0.1) is 0 Å². The van der Waals surface area contributed by atoms with E-state index in [0.29, 0.717) is 0 Å². The molecule has 3 N–H and O–H groups in total. The lowest BCUT2D eigenvalue weighted by Gasteiger charge is -2.22. The average molecular weight is 132 g/mol. The van der Waals surface area contributed by atoms with Crippen molar-refractivity contribution in [2.24, 2.45) is 11.1 Å². The van der Waals surface area contributed by atoms with Crippen molar-refractivity contribution in [1.29, 1.82) is 0 Å². The van der Waals surface area contributed by atoms with E-state index >= 15 is 0 Å². The molecular formula is C6H13NO2. The largest absolute Gasteiger partial charge is 0.480 e. The molecule has 1 unspecified atom stereocenters. The van der Waals surface area contributed by atoms with Crippen LogP contribution in [-0.2, 0) is 4.79 Å². The first-order valence-electron chi connectivity index (χ1n) is 3.40. The zero-order valence-corrected chi connectivity index (χ0v) is 5.72. The predicted octanol–water partition coefficient (Wildman–Crippen LogP) is 0.444. The smallest absolute Gasteiger partial charge is 0.321 e. The number of hydrogen-bond donors (Lipinski definition) is 2. The third kappa shape index (κ3) is 2.46. The van der Waals surface area contributed by atoms with Gasteiger partial charge in [0.2, 0.25) is 0 Å². The Bertz CT molecular complexity index is 136. The van der Waals surface area contributed by atoms with E-state index in [1.807, 2.05) is 0 Å². The van der Waals surface area contributed by atoms with Crippen molar-refractivity contribution in [3.63, 3.8) is 0 Å². The van der Waals surface area contributed by atoms with Crippen LogP contribution in [0.3, 0.4) is 0 Å². The molecule has 0 aromatic rings. The molecule has 0 aromatic heterocycles. The zero-order chi connectivity index (χ0) is 8.36. The van der Waals surface area contributed by atoms with Crippen LogP contribution >= 0.6 is 0 Å². The number of rotatable bonds is 1. The average Bonchev–Trinajstić information content (AvgIpc) is 1.86. The number of carboxylic acids is 1. The molecule has 0 amide bonds. The topological polar surface area (TPSA) is 63.3 Å². The van der Waals surface area contributed by atoms with Crippen LogP contribution in [-0.4, -0.2) is 17.1 Å². The molecule has 0 aliphatic rings. The van der Waals surface area contributed by atoms with Crippen LogP contribution in [0.15, 0.2) is 0 Å². The summed E-state index contributed by atoms with van der Waals surface area (Å²) in [5.41, 5.74) is 4.65. The molecule has 3 heteroatoms. The fourth-order valence-corrected chi connectivity index (χ4v) is 0.334. The Morgan fingerprint density at radius 3 is 2.44 bits per heavy atom. The third-order valence-corrected chi connectivity index (χ3v) is 1.11. The molecule has 0 fully saturated rings. The van der Waals surface area contributed by atoms with Crippen molar-refractivity contribution in [3.05, 3.63) is 0 Å². The van der Waals surface area contributed by atoms with E-state index in [4.69, 9.17) is 12.2 Å². The lowest BCUT2D eigenvalue weighted by Crippen LogP contribution is -2.41. The van der Waals surface area contributed by atoms with Crippen molar-refractivity contribution in [3.8, 4) is 0 Å². The van der Waals surface area contributed by atoms with Crippen LogP contribution < -0.4 is 5.73 Å². The number of nitrogens with two attached hydrogens (primary N) is 1. The van der Waals surface area contributed by atoms with Gasteiger partial charge in [0.15, 0.2) is 0 Å². The van der Waals surface area contributed by atoms with Gasteiger partial charge in [0.25, 0.3) is 0 Å². The Morgan fingerprint density at radius 2 is 2.33 bits per heavy atom. The molecule has 1 atom stereocenters. The van der Waals surface area contributed by atoms with Crippen LogP contribution in [0.4, 0.5) is 0 Å². The maximum Gasteiger partial charge on any atom is 0.321 e. The quantitative estimate of drug-likeness (QED) is 0.544. The van der Waals surface area contributed by atoms with Crippen molar-refractivity contribution in [2.75, 3.05) is 0 Å². The molecule has 0 aromatic carbocycles. The van der Waals surface area contributed by atoms with Crippen LogP contribution in [0.5, 0.6) is 0 Å². The van der Waals surface area contributed by atoms with Gasteiger partial charge in [0.1, 0.15) is 6.04 Å². The zero-order valence-electron chi connectivity index (χ0n) is 6.72. The second kappa shape index (κ2) is 2.35. The second-order valence-electron chi connectivity index (χ2n) is 2.80. The standard InChI is InChI=1S/C6H13NO2/c1-6(2,3)4(7)5(8)9/h4H,7H2,1-3H3,(H,8,9)/i1D. The Kier molecular flexibility index (Phi) is 1.71. The lowest BCUT2D eigenvalue weighted by molar-refractivity contribution is -0.141. The maximum absolute atomic E-state index is 10.3. The first-order valence-corrected chi connectivity index (χ1v) is 2.69. The van der Waals surface area contributed by atoms with Crippen molar-refractivity contribution < 1.29 is 11.3 Å². The predicted molar refractivity (Wildman–Crippen MR) is 35.1 cm³/mol. The normalized spacial score (nSPS) is 16.6. The SMILES string of the molecule is [2H]CC(C)(C)C(N)C(=O)O. The minimum Gasteiger partial charge on any atom is -0.480 e. The molecule has 0 bridgehead atoms. The summed E-state index contributed by atoms with van der Waals surface area (Å²) in [7, 11) is 0. The Balaban J connectivity index is 4.17. The molecule has 0 spiro atoms. The third-order valence-electron chi connectivity index (χ3n) is 1.11. The Labute approximate surface area is 56.3 Å².